The highest BCUT2D eigenvalue weighted by Gasteiger charge is 2.92. The molecule has 23 heavy (non-hydrogen) atoms. The smallest absolute Gasteiger partial charge is 0.192 e. The van der Waals surface area contributed by atoms with Crippen LogP contribution >= 0.6 is 45.2 Å². The van der Waals surface area contributed by atoms with Crippen LogP contribution in [0, 0.1) is 0 Å². The van der Waals surface area contributed by atoms with Crippen LogP contribution in [0.1, 0.15) is 0 Å². The Labute approximate surface area is 144 Å². The molecule has 0 radical (unpaired) electrons. The van der Waals surface area contributed by atoms with Crippen LogP contribution in [0.25, 0.3) is 0 Å². The molecule has 0 bridgehead atoms. The molecule has 0 saturated carbocycles. The van der Waals surface area contributed by atoms with E-state index in [-0.39, 0.29) is 0 Å². The summed E-state index contributed by atoms with van der Waals surface area (Å²) in [6, 6.07) is 0. The molecule has 140 valence electrons. The lowest BCUT2D eigenvalue weighted by molar-refractivity contribution is -0.424. The summed E-state index contributed by atoms with van der Waals surface area (Å²) in [4.78, 5) is 0. The first kappa shape index (κ1) is 23.5. The Morgan fingerprint density at radius 2 is 0.435 bits per heavy atom. The van der Waals surface area contributed by atoms with Crippen molar-refractivity contribution in [2.24, 2.45) is 0 Å². The van der Waals surface area contributed by atoms with Crippen molar-refractivity contribution < 1.29 is 61.5 Å². The molecule has 0 saturated heterocycles. The van der Waals surface area contributed by atoms with Gasteiger partial charge in [0.1, 0.15) is 0 Å². The number of rotatable bonds is 6. The molecular formula is C7F14I2. The Bertz CT molecular complexity index is 403. The minimum atomic E-state index is -7.96. The lowest BCUT2D eigenvalue weighted by Crippen LogP contribution is -2.71. The molecule has 0 spiro atoms. The van der Waals surface area contributed by atoms with Crippen molar-refractivity contribution in [3.05, 3.63) is 0 Å². The molecule has 16 heteroatoms. The third-order valence-corrected chi connectivity index (χ3v) is 3.64. The summed E-state index contributed by atoms with van der Waals surface area (Å²) in [5.41, 5.74) is 0. The quantitative estimate of drug-likeness (QED) is 0.192. The first-order chi connectivity index (χ1) is 9.50. The van der Waals surface area contributed by atoms with Gasteiger partial charge < -0.3 is 0 Å². The molecular weight excluding hydrogens is 604 g/mol. The average molecular weight is 604 g/mol. The van der Waals surface area contributed by atoms with Gasteiger partial charge in [0.05, 0.1) is 0 Å². The Morgan fingerprint density at radius 3 is 0.565 bits per heavy atom. The molecule has 0 fully saturated rings. The van der Waals surface area contributed by atoms with Gasteiger partial charge in [0.25, 0.3) is 0 Å². The van der Waals surface area contributed by atoms with Gasteiger partial charge >= 0.3 is 37.5 Å². The minimum absolute atomic E-state index is 0.829. The second-order valence-electron chi connectivity index (χ2n) is 3.87. The zero-order chi connectivity index (χ0) is 19.5. The topological polar surface area (TPSA) is 0 Å². The molecule has 0 N–H and O–H groups in total. The summed E-state index contributed by atoms with van der Waals surface area (Å²) in [6.07, 6.45) is 0. The predicted molar refractivity (Wildman–Crippen MR) is 62.7 cm³/mol. The molecule has 0 aliphatic carbocycles. The van der Waals surface area contributed by atoms with Gasteiger partial charge in [-0.1, -0.05) is 0 Å². The highest BCUT2D eigenvalue weighted by Crippen LogP contribution is 2.63. The maximum Gasteiger partial charge on any atom is 0.387 e. The number of halogens is 16. The van der Waals surface area contributed by atoms with E-state index in [1.807, 2.05) is 0 Å². The Balaban J connectivity index is 6.37. The highest BCUT2D eigenvalue weighted by atomic mass is 127. The summed E-state index contributed by atoms with van der Waals surface area (Å²) in [6.45, 7) is 0. The van der Waals surface area contributed by atoms with Gasteiger partial charge in [0.2, 0.25) is 0 Å². The van der Waals surface area contributed by atoms with Gasteiger partial charge in [-0.2, -0.15) is 61.5 Å². The normalized spacial score (nSPS) is 16.7. The maximum absolute atomic E-state index is 12.9. The van der Waals surface area contributed by atoms with Crippen molar-refractivity contribution in [2.75, 3.05) is 0 Å². The monoisotopic (exact) mass is 604 g/mol. The number of hydrogen-bond donors (Lipinski definition) is 0. The molecule has 0 aliphatic rings. The van der Waals surface area contributed by atoms with Gasteiger partial charge in [0, 0.05) is 45.2 Å². The van der Waals surface area contributed by atoms with Gasteiger partial charge in [0.15, 0.2) is 0 Å². The average Bonchev–Trinajstić information content (AvgIpc) is 2.24. The molecule has 0 heterocycles. The summed E-state index contributed by atoms with van der Waals surface area (Å²) in [7, 11) is 0. The SMILES string of the molecule is FC(F)(I)C(F)(F)C(F)(F)C(F)(F)C(F)(F)C(F)(F)C(F)(F)I. The van der Waals surface area contributed by atoms with Gasteiger partial charge in [-0.3, -0.25) is 0 Å². The zero-order valence-electron chi connectivity index (χ0n) is 9.55. The van der Waals surface area contributed by atoms with Crippen LogP contribution in [0.3, 0.4) is 0 Å². The Hall–Kier alpha value is 0.480. The fourth-order valence-corrected chi connectivity index (χ4v) is 1.62. The highest BCUT2D eigenvalue weighted by molar-refractivity contribution is 14.1. The first-order valence-corrected chi connectivity index (χ1v) is 6.68. The second kappa shape index (κ2) is 5.75. The van der Waals surface area contributed by atoms with Crippen LogP contribution in [0.5, 0.6) is 0 Å². The molecule has 0 atom stereocenters. The lowest BCUT2D eigenvalue weighted by atomic mass is 9.94. The molecule has 0 aromatic heterocycles. The van der Waals surface area contributed by atoms with Crippen LogP contribution in [-0.4, -0.2) is 37.5 Å². The van der Waals surface area contributed by atoms with Crippen molar-refractivity contribution in [1.29, 1.82) is 0 Å². The van der Waals surface area contributed by atoms with Crippen molar-refractivity contribution >= 4 is 45.2 Å². The van der Waals surface area contributed by atoms with Crippen LogP contribution in [0.15, 0.2) is 0 Å². The largest absolute Gasteiger partial charge is 0.387 e. The van der Waals surface area contributed by atoms with Crippen LogP contribution < -0.4 is 0 Å². The van der Waals surface area contributed by atoms with Gasteiger partial charge in [-0.25, -0.2) is 0 Å². The van der Waals surface area contributed by atoms with Crippen LogP contribution in [0.2, 0.25) is 0 Å². The van der Waals surface area contributed by atoms with Crippen molar-refractivity contribution in [2.45, 2.75) is 37.5 Å². The van der Waals surface area contributed by atoms with E-state index >= 15 is 0 Å². The lowest BCUT2D eigenvalue weighted by Gasteiger charge is -2.41. The van der Waals surface area contributed by atoms with Crippen LogP contribution in [0.4, 0.5) is 61.5 Å². The molecule has 0 aromatic rings. The molecule has 0 nitrogen and oxygen atoms in total. The van der Waals surface area contributed by atoms with Crippen molar-refractivity contribution in [3.8, 4) is 0 Å². The van der Waals surface area contributed by atoms with E-state index in [1.54, 1.807) is 0 Å². The van der Waals surface area contributed by atoms with E-state index in [2.05, 4.69) is 0 Å². The summed E-state index contributed by atoms with van der Waals surface area (Å²) >= 11 is -1.66. The van der Waals surface area contributed by atoms with Crippen molar-refractivity contribution in [3.63, 3.8) is 0 Å². The fraction of sp³-hybridized carbons (Fsp3) is 1.00. The van der Waals surface area contributed by atoms with E-state index in [1.165, 1.54) is 0 Å². The standard InChI is InChI=1S/C7F14I2/c8-1(9,2(10,11)4(14,15)6(18,19)22)3(12,13)5(16,17)7(20,21)23. The summed E-state index contributed by atoms with van der Waals surface area (Å²) in [5, 5.41) is 0. The molecule has 0 aliphatic heterocycles. The maximum atomic E-state index is 12.9. The van der Waals surface area contributed by atoms with Crippen LogP contribution in [-0.2, 0) is 0 Å². The molecule has 0 rings (SSSR count). The van der Waals surface area contributed by atoms with Crippen molar-refractivity contribution in [1.82, 2.24) is 0 Å². The molecule has 0 unspecified atom stereocenters. The summed E-state index contributed by atoms with van der Waals surface area (Å²) in [5.74, 6) is -38.1. The molecule has 0 amide bonds. The third kappa shape index (κ3) is 3.18. The fourth-order valence-electron chi connectivity index (χ4n) is 0.948. The summed E-state index contributed by atoms with van der Waals surface area (Å²) < 4.78 is 165. The van der Waals surface area contributed by atoms with Gasteiger partial charge in [-0.05, 0) is 0 Å². The number of alkyl halides is 16. The van der Waals surface area contributed by atoms with E-state index in [9.17, 15) is 61.5 Å². The Morgan fingerprint density at radius 1 is 0.304 bits per heavy atom. The van der Waals surface area contributed by atoms with E-state index in [0.717, 1.165) is 0 Å². The first-order valence-electron chi connectivity index (χ1n) is 4.52. The zero-order valence-corrected chi connectivity index (χ0v) is 13.9. The third-order valence-electron chi connectivity index (χ3n) is 2.29. The number of hydrogen-bond acceptors (Lipinski definition) is 0. The molecule has 0 aromatic carbocycles. The van der Waals surface area contributed by atoms with Gasteiger partial charge in [-0.15, -0.1) is 0 Å². The van der Waals surface area contributed by atoms with E-state index in [0.29, 0.717) is 0 Å². The Kier molecular flexibility index (Phi) is 5.87. The van der Waals surface area contributed by atoms with E-state index < -0.39 is 82.7 Å². The van der Waals surface area contributed by atoms with E-state index in [4.69, 9.17) is 0 Å². The minimum Gasteiger partial charge on any atom is -0.192 e. The second-order valence-corrected chi connectivity index (χ2v) is 6.58. The predicted octanol–water partition coefficient (Wildman–Crippen LogP) is 6.22.